The van der Waals surface area contributed by atoms with Gasteiger partial charge in [0.25, 0.3) is 0 Å². The van der Waals surface area contributed by atoms with Crippen molar-refractivity contribution in [2.45, 2.75) is 109 Å². The summed E-state index contributed by atoms with van der Waals surface area (Å²) in [5.41, 5.74) is 0.570. The lowest BCUT2D eigenvalue weighted by atomic mass is 9.81. The second-order valence-corrected chi connectivity index (χ2v) is 13.0. The Hall–Kier alpha value is -1.48. The molecule has 2 heterocycles. The summed E-state index contributed by atoms with van der Waals surface area (Å²) >= 11 is 1.44. The van der Waals surface area contributed by atoms with E-state index in [2.05, 4.69) is 33.8 Å². The second-order valence-electron chi connectivity index (χ2n) is 11.9. The van der Waals surface area contributed by atoms with E-state index in [1.54, 1.807) is 0 Å². The standard InChI is InChI=1S/C28H43NO6S/c1-17-6-8-18(9-7-17)26(31)29(21-14-24(28(2,3)4)36-25(21)27(32)33-5)19-10-12-20(13-11-19)35-23-16-34-15-22(23)30/h14,17-20,22-23,30H,6-13,15-16H2,1-5H3/t17-,18-,19-,20-,22-,23+/m1/s1. The number of amides is 1. The van der Waals surface area contributed by atoms with E-state index in [0.29, 0.717) is 29.7 Å². The van der Waals surface area contributed by atoms with Gasteiger partial charge in [-0.25, -0.2) is 4.79 Å². The van der Waals surface area contributed by atoms with Crippen molar-refractivity contribution in [1.29, 1.82) is 0 Å². The molecule has 0 bridgehead atoms. The lowest BCUT2D eigenvalue weighted by molar-refractivity contribution is -0.124. The molecule has 0 aromatic carbocycles. The van der Waals surface area contributed by atoms with Crippen molar-refractivity contribution in [2.24, 2.45) is 11.8 Å². The maximum absolute atomic E-state index is 14.1. The van der Waals surface area contributed by atoms with Gasteiger partial charge in [-0.3, -0.25) is 4.79 Å². The third kappa shape index (κ3) is 6.14. The van der Waals surface area contributed by atoms with E-state index in [-0.39, 0.29) is 41.5 Å². The zero-order chi connectivity index (χ0) is 26.0. The summed E-state index contributed by atoms with van der Waals surface area (Å²) in [7, 11) is 1.40. The molecule has 2 atom stereocenters. The quantitative estimate of drug-likeness (QED) is 0.526. The average molecular weight is 522 g/mol. The molecule has 1 saturated heterocycles. The smallest absolute Gasteiger partial charge is 0.350 e. The Bertz CT molecular complexity index is 908. The summed E-state index contributed by atoms with van der Waals surface area (Å²) in [6.07, 6.45) is 6.35. The van der Waals surface area contributed by atoms with Crippen molar-refractivity contribution < 1.29 is 28.9 Å². The predicted molar refractivity (Wildman–Crippen MR) is 141 cm³/mol. The SMILES string of the molecule is COC(=O)c1sc(C(C)(C)C)cc1N(C(=O)[C@H]1CC[C@H](C)CC1)[C@H]1CC[C@H](O[C@H]2COC[C@H]2O)CC1. The number of carbonyl (C=O) groups is 2. The number of anilines is 1. The number of hydrogen-bond acceptors (Lipinski definition) is 7. The number of esters is 1. The fourth-order valence-corrected chi connectivity index (χ4v) is 6.83. The number of hydrogen-bond donors (Lipinski definition) is 1. The summed E-state index contributed by atoms with van der Waals surface area (Å²) < 4.78 is 16.7. The number of nitrogens with zero attached hydrogens (tertiary/aromatic N) is 1. The molecule has 1 aromatic rings. The van der Waals surface area contributed by atoms with Gasteiger partial charge in [0.05, 0.1) is 32.1 Å². The van der Waals surface area contributed by atoms with Gasteiger partial charge in [-0.2, -0.15) is 0 Å². The fourth-order valence-electron chi connectivity index (χ4n) is 5.71. The Morgan fingerprint density at radius 1 is 1.06 bits per heavy atom. The van der Waals surface area contributed by atoms with Crippen LogP contribution in [0.2, 0.25) is 0 Å². The highest BCUT2D eigenvalue weighted by Crippen LogP contribution is 2.42. The molecule has 7 nitrogen and oxygen atoms in total. The molecule has 0 unspecified atom stereocenters. The van der Waals surface area contributed by atoms with Crippen LogP contribution in [0.5, 0.6) is 0 Å². The van der Waals surface area contributed by atoms with E-state index in [1.165, 1.54) is 18.4 Å². The largest absolute Gasteiger partial charge is 0.465 e. The number of rotatable bonds is 6. The van der Waals surface area contributed by atoms with Crippen LogP contribution in [0.3, 0.4) is 0 Å². The Morgan fingerprint density at radius 3 is 2.28 bits per heavy atom. The first-order valence-corrected chi connectivity index (χ1v) is 14.4. The van der Waals surface area contributed by atoms with Crippen molar-refractivity contribution in [3.63, 3.8) is 0 Å². The molecular weight excluding hydrogens is 478 g/mol. The lowest BCUT2D eigenvalue weighted by Gasteiger charge is -2.40. The molecule has 1 amide bonds. The summed E-state index contributed by atoms with van der Waals surface area (Å²) in [5, 5.41) is 10.1. The van der Waals surface area contributed by atoms with Crippen LogP contribution in [0.25, 0.3) is 0 Å². The van der Waals surface area contributed by atoms with E-state index in [1.807, 2.05) is 4.90 Å². The first-order chi connectivity index (χ1) is 17.1. The number of carbonyl (C=O) groups excluding carboxylic acids is 2. The number of ether oxygens (including phenoxy) is 3. The number of thiophene rings is 1. The van der Waals surface area contributed by atoms with Gasteiger partial charge in [0.1, 0.15) is 17.1 Å². The maximum atomic E-state index is 14.1. The molecule has 202 valence electrons. The molecular formula is C28H43NO6S. The average Bonchev–Trinajstić information content (AvgIpc) is 3.47. The van der Waals surface area contributed by atoms with Crippen LogP contribution in [0, 0.1) is 11.8 Å². The van der Waals surface area contributed by atoms with Crippen molar-refractivity contribution >= 4 is 28.9 Å². The van der Waals surface area contributed by atoms with Gasteiger partial charge in [0.2, 0.25) is 5.91 Å². The van der Waals surface area contributed by atoms with Crippen LogP contribution in [0.1, 0.15) is 93.6 Å². The minimum Gasteiger partial charge on any atom is -0.465 e. The number of methoxy groups -OCH3 is 1. The Labute approximate surface area is 219 Å². The lowest BCUT2D eigenvalue weighted by Crippen LogP contribution is -2.47. The molecule has 0 spiro atoms. The monoisotopic (exact) mass is 521 g/mol. The molecule has 8 heteroatoms. The minimum absolute atomic E-state index is 0.00674. The number of aliphatic hydroxyl groups excluding tert-OH is 1. The molecule has 2 saturated carbocycles. The molecule has 1 aromatic heterocycles. The number of aliphatic hydroxyl groups is 1. The third-order valence-corrected chi connectivity index (χ3v) is 9.59. The van der Waals surface area contributed by atoms with Crippen LogP contribution >= 0.6 is 11.3 Å². The van der Waals surface area contributed by atoms with Crippen LogP contribution in [0.4, 0.5) is 5.69 Å². The van der Waals surface area contributed by atoms with Crippen LogP contribution in [0.15, 0.2) is 6.07 Å². The maximum Gasteiger partial charge on any atom is 0.350 e. The summed E-state index contributed by atoms with van der Waals surface area (Å²) in [6, 6.07) is 2.06. The van der Waals surface area contributed by atoms with Crippen molar-refractivity contribution in [1.82, 2.24) is 0 Å². The van der Waals surface area contributed by atoms with Crippen molar-refractivity contribution in [3.05, 3.63) is 15.8 Å². The van der Waals surface area contributed by atoms with E-state index in [0.717, 1.165) is 56.2 Å². The molecule has 1 N–H and O–H groups in total. The first-order valence-electron chi connectivity index (χ1n) is 13.6. The summed E-state index contributed by atoms with van der Waals surface area (Å²) in [6.45, 7) is 9.40. The van der Waals surface area contributed by atoms with Crippen LogP contribution < -0.4 is 4.90 Å². The summed E-state index contributed by atoms with van der Waals surface area (Å²) in [4.78, 5) is 30.6. The Balaban J connectivity index is 1.60. The topological polar surface area (TPSA) is 85.3 Å². The molecule has 3 aliphatic rings. The highest BCUT2D eigenvalue weighted by Gasteiger charge is 2.39. The highest BCUT2D eigenvalue weighted by atomic mass is 32.1. The first kappa shape index (κ1) is 27.6. The van der Waals surface area contributed by atoms with Gasteiger partial charge in [0.15, 0.2) is 0 Å². The zero-order valence-electron chi connectivity index (χ0n) is 22.5. The normalized spacial score (nSPS) is 31.3. The van der Waals surface area contributed by atoms with Crippen LogP contribution in [-0.4, -0.2) is 61.7 Å². The van der Waals surface area contributed by atoms with Gasteiger partial charge < -0.3 is 24.2 Å². The minimum atomic E-state index is -0.571. The van der Waals surface area contributed by atoms with Gasteiger partial charge in [-0.05, 0) is 68.8 Å². The van der Waals surface area contributed by atoms with E-state index in [9.17, 15) is 14.7 Å². The van der Waals surface area contributed by atoms with Crippen LogP contribution in [-0.2, 0) is 24.4 Å². The van der Waals surface area contributed by atoms with Crippen molar-refractivity contribution in [3.8, 4) is 0 Å². The Morgan fingerprint density at radius 2 is 1.72 bits per heavy atom. The van der Waals surface area contributed by atoms with Gasteiger partial charge >= 0.3 is 5.97 Å². The molecule has 0 radical (unpaired) electrons. The van der Waals surface area contributed by atoms with Gasteiger partial charge in [0, 0.05) is 16.8 Å². The molecule has 3 fully saturated rings. The van der Waals surface area contributed by atoms with Gasteiger partial charge in [-0.15, -0.1) is 11.3 Å². The zero-order valence-corrected chi connectivity index (χ0v) is 23.3. The van der Waals surface area contributed by atoms with E-state index >= 15 is 0 Å². The van der Waals surface area contributed by atoms with Gasteiger partial charge in [-0.1, -0.05) is 27.7 Å². The van der Waals surface area contributed by atoms with E-state index in [4.69, 9.17) is 14.2 Å². The van der Waals surface area contributed by atoms with Crippen molar-refractivity contribution in [2.75, 3.05) is 25.2 Å². The second kappa shape index (κ2) is 11.5. The summed E-state index contributed by atoms with van der Waals surface area (Å²) in [5.74, 6) is 0.413. The predicted octanol–water partition coefficient (Wildman–Crippen LogP) is 5.08. The Kier molecular flexibility index (Phi) is 8.80. The third-order valence-electron chi connectivity index (χ3n) is 8.06. The molecule has 1 aliphatic heterocycles. The fraction of sp³-hybridized carbons (Fsp3) is 0.786. The highest BCUT2D eigenvalue weighted by molar-refractivity contribution is 7.14. The molecule has 2 aliphatic carbocycles. The molecule has 4 rings (SSSR count). The molecule has 36 heavy (non-hydrogen) atoms. The van der Waals surface area contributed by atoms with E-state index < -0.39 is 6.10 Å².